The third-order valence-corrected chi connectivity index (χ3v) is 5.86. The lowest BCUT2D eigenvalue weighted by molar-refractivity contribution is -0.385. The summed E-state index contributed by atoms with van der Waals surface area (Å²) >= 11 is 5.96. The van der Waals surface area contributed by atoms with Crippen LogP contribution in [0, 0.1) is 10.1 Å². The van der Waals surface area contributed by atoms with Gasteiger partial charge in [-0.05, 0) is 30.7 Å². The van der Waals surface area contributed by atoms with Crippen molar-refractivity contribution < 1.29 is 27.6 Å². The van der Waals surface area contributed by atoms with E-state index in [4.69, 9.17) is 21.1 Å². The third kappa shape index (κ3) is 5.89. The highest BCUT2D eigenvalue weighted by atomic mass is 35.5. The number of nitro groups is 1. The molecule has 2 rings (SSSR count). The highest BCUT2D eigenvalue weighted by molar-refractivity contribution is 7.89. The Bertz CT molecular complexity index is 994. The van der Waals surface area contributed by atoms with Crippen molar-refractivity contribution in [2.75, 3.05) is 13.7 Å². The molecule has 0 amide bonds. The van der Waals surface area contributed by atoms with Crippen molar-refractivity contribution in [2.24, 2.45) is 0 Å². The summed E-state index contributed by atoms with van der Waals surface area (Å²) in [4.78, 5) is 21.8. The molecule has 0 aliphatic carbocycles. The Morgan fingerprint density at radius 3 is 2.45 bits per heavy atom. The summed E-state index contributed by atoms with van der Waals surface area (Å²) < 4.78 is 38.1. The average molecular weight is 443 g/mol. The van der Waals surface area contributed by atoms with Crippen molar-refractivity contribution in [2.45, 2.75) is 24.3 Å². The summed E-state index contributed by atoms with van der Waals surface area (Å²) in [6, 6.07) is 8.52. The minimum atomic E-state index is -4.30. The average Bonchev–Trinajstić information content (AvgIpc) is 2.67. The molecular weight excluding hydrogens is 424 g/mol. The standard InChI is InChI=1S/C18H19ClN2O7S/c1-3-28-18(22)11-16(12-4-7-14(27-2)8-5-12)20-29(25,26)17-10-13(21(23)24)6-9-15(17)19/h4-10,16,20H,3,11H2,1-2H3. The van der Waals surface area contributed by atoms with Crippen molar-refractivity contribution in [3.8, 4) is 5.75 Å². The van der Waals surface area contributed by atoms with Crippen LogP contribution in [0.1, 0.15) is 24.9 Å². The molecule has 11 heteroatoms. The zero-order valence-corrected chi connectivity index (χ0v) is 17.2. The molecular formula is C18H19ClN2O7S. The van der Waals surface area contributed by atoms with E-state index in [-0.39, 0.29) is 18.1 Å². The van der Waals surface area contributed by atoms with Crippen molar-refractivity contribution in [3.05, 3.63) is 63.2 Å². The fourth-order valence-electron chi connectivity index (χ4n) is 2.51. The van der Waals surface area contributed by atoms with Crippen LogP contribution < -0.4 is 9.46 Å². The fourth-order valence-corrected chi connectivity index (χ4v) is 4.26. The minimum Gasteiger partial charge on any atom is -0.497 e. The fraction of sp³-hybridized carbons (Fsp3) is 0.278. The predicted molar refractivity (Wildman–Crippen MR) is 105 cm³/mol. The Kier molecular flexibility index (Phi) is 7.54. The van der Waals surface area contributed by atoms with Crippen LogP contribution in [0.4, 0.5) is 5.69 Å². The van der Waals surface area contributed by atoms with E-state index in [1.165, 1.54) is 7.11 Å². The van der Waals surface area contributed by atoms with Gasteiger partial charge in [-0.3, -0.25) is 14.9 Å². The van der Waals surface area contributed by atoms with Crippen molar-refractivity contribution in [1.82, 2.24) is 4.72 Å². The summed E-state index contributed by atoms with van der Waals surface area (Å²) in [5, 5.41) is 10.8. The van der Waals surface area contributed by atoms with E-state index in [0.717, 1.165) is 18.2 Å². The topological polar surface area (TPSA) is 125 Å². The van der Waals surface area contributed by atoms with Gasteiger partial charge >= 0.3 is 5.97 Å². The normalized spacial score (nSPS) is 12.2. The number of ether oxygens (including phenoxy) is 2. The molecule has 29 heavy (non-hydrogen) atoms. The van der Waals surface area contributed by atoms with Crippen LogP contribution >= 0.6 is 11.6 Å². The molecule has 156 valence electrons. The Morgan fingerprint density at radius 2 is 1.90 bits per heavy atom. The summed E-state index contributed by atoms with van der Waals surface area (Å²) in [5.74, 6) is -0.0608. The van der Waals surface area contributed by atoms with E-state index in [1.807, 2.05) is 0 Å². The van der Waals surface area contributed by atoms with E-state index >= 15 is 0 Å². The maximum absolute atomic E-state index is 12.9. The van der Waals surface area contributed by atoms with Crippen LogP contribution in [-0.2, 0) is 19.6 Å². The predicted octanol–water partition coefficient (Wildman–Crippen LogP) is 3.23. The molecule has 2 aromatic carbocycles. The Morgan fingerprint density at radius 1 is 1.24 bits per heavy atom. The second-order valence-electron chi connectivity index (χ2n) is 5.83. The number of sulfonamides is 1. The summed E-state index contributed by atoms with van der Waals surface area (Å²) in [6.45, 7) is 1.77. The molecule has 0 aliphatic heterocycles. The molecule has 2 aromatic rings. The number of rotatable bonds is 9. The molecule has 0 radical (unpaired) electrons. The van der Waals surface area contributed by atoms with Gasteiger partial charge in [-0.1, -0.05) is 23.7 Å². The lowest BCUT2D eigenvalue weighted by Crippen LogP contribution is -2.31. The second-order valence-corrected chi connectivity index (χ2v) is 7.92. The summed E-state index contributed by atoms with van der Waals surface area (Å²) in [7, 11) is -2.81. The van der Waals surface area contributed by atoms with Gasteiger partial charge in [0, 0.05) is 12.1 Å². The lowest BCUT2D eigenvalue weighted by Gasteiger charge is -2.19. The molecule has 0 saturated carbocycles. The quantitative estimate of drug-likeness (QED) is 0.359. The van der Waals surface area contributed by atoms with Crippen LogP contribution in [0.25, 0.3) is 0 Å². The molecule has 0 bridgehead atoms. The van der Waals surface area contributed by atoms with Crippen LogP contribution in [0.15, 0.2) is 47.4 Å². The molecule has 1 atom stereocenters. The summed E-state index contributed by atoms with van der Waals surface area (Å²) in [6.07, 6.45) is -0.286. The van der Waals surface area contributed by atoms with Crippen molar-refractivity contribution in [1.29, 1.82) is 0 Å². The zero-order chi connectivity index (χ0) is 21.6. The molecule has 0 heterocycles. The number of nitro benzene ring substituents is 1. The van der Waals surface area contributed by atoms with Gasteiger partial charge in [0.25, 0.3) is 5.69 Å². The number of halogens is 1. The Balaban J connectivity index is 2.41. The number of nitrogens with zero attached hydrogens (tertiary/aromatic N) is 1. The lowest BCUT2D eigenvalue weighted by atomic mass is 10.0. The zero-order valence-electron chi connectivity index (χ0n) is 15.6. The number of hydrogen-bond donors (Lipinski definition) is 1. The molecule has 1 N–H and O–H groups in total. The van der Waals surface area contributed by atoms with E-state index in [1.54, 1.807) is 31.2 Å². The number of methoxy groups -OCH3 is 1. The van der Waals surface area contributed by atoms with Gasteiger partial charge in [-0.15, -0.1) is 0 Å². The maximum Gasteiger partial charge on any atom is 0.307 e. The van der Waals surface area contributed by atoms with E-state index in [9.17, 15) is 23.3 Å². The van der Waals surface area contributed by atoms with Gasteiger partial charge in [0.1, 0.15) is 10.6 Å². The number of esters is 1. The van der Waals surface area contributed by atoms with Gasteiger partial charge in [0.15, 0.2) is 0 Å². The largest absolute Gasteiger partial charge is 0.497 e. The van der Waals surface area contributed by atoms with Crippen LogP contribution in [0.3, 0.4) is 0 Å². The Labute approximate surface area is 172 Å². The van der Waals surface area contributed by atoms with E-state index < -0.39 is 37.5 Å². The molecule has 0 aromatic heterocycles. The van der Waals surface area contributed by atoms with Gasteiger partial charge < -0.3 is 9.47 Å². The van der Waals surface area contributed by atoms with Crippen LogP contribution in [0.5, 0.6) is 5.75 Å². The van der Waals surface area contributed by atoms with Gasteiger partial charge in [0.05, 0.1) is 36.1 Å². The molecule has 1 unspecified atom stereocenters. The maximum atomic E-state index is 12.9. The summed E-state index contributed by atoms with van der Waals surface area (Å²) in [5.41, 5.74) is 0.0464. The van der Waals surface area contributed by atoms with E-state index in [0.29, 0.717) is 11.3 Å². The first kappa shape index (κ1) is 22.6. The molecule has 0 spiro atoms. The van der Waals surface area contributed by atoms with Crippen molar-refractivity contribution >= 4 is 33.3 Å². The smallest absolute Gasteiger partial charge is 0.307 e. The number of carbonyl (C=O) groups excluding carboxylic acids is 1. The highest BCUT2D eigenvalue weighted by Gasteiger charge is 2.27. The monoisotopic (exact) mass is 442 g/mol. The minimum absolute atomic E-state index is 0.137. The van der Waals surface area contributed by atoms with Gasteiger partial charge in [0.2, 0.25) is 10.0 Å². The number of carbonyl (C=O) groups is 1. The molecule has 9 nitrogen and oxygen atoms in total. The Hall–Kier alpha value is -2.69. The first-order valence-corrected chi connectivity index (χ1v) is 10.3. The van der Waals surface area contributed by atoms with E-state index in [2.05, 4.69) is 4.72 Å². The molecule has 0 fully saturated rings. The van der Waals surface area contributed by atoms with Crippen molar-refractivity contribution in [3.63, 3.8) is 0 Å². The van der Waals surface area contributed by atoms with Gasteiger partial charge in [-0.2, -0.15) is 0 Å². The van der Waals surface area contributed by atoms with Gasteiger partial charge in [-0.25, -0.2) is 13.1 Å². The molecule has 0 aliphatic rings. The van der Waals surface area contributed by atoms with Crippen LogP contribution in [0.2, 0.25) is 5.02 Å². The molecule has 0 saturated heterocycles. The second kappa shape index (κ2) is 9.68. The first-order valence-electron chi connectivity index (χ1n) is 8.43. The number of nitrogens with one attached hydrogen (secondary N) is 1. The number of non-ortho nitro benzene ring substituents is 1. The highest BCUT2D eigenvalue weighted by Crippen LogP contribution is 2.29. The SMILES string of the molecule is CCOC(=O)CC(NS(=O)(=O)c1cc([N+](=O)[O-])ccc1Cl)c1ccc(OC)cc1. The number of hydrogen-bond acceptors (Lipinski definition) is 7. The number of benzene rings is 2. The third-order valence-electron chi connectivity index (χ3n) is 3.91. The van der Waals surface area contributed by atoms with Crippen LogP contribution in [-0.4, -0.2) is 33.0 Å². The first-order chi connectivity index (χ1) is 13.7.